The van der Waals surface area contributed by atoms with Gasteiger partial charge in [0.1, 0.15) is 0 Å². The number of benzene rings is 1. The number of nitrogens with zero attached hydrogens (tertiary/aromatic N) is 1. The molecule has 0 aromatic heterocycles. The average Bonchev–Trinajstić information content (AvgIpc) is 2.30. The van der Waals surface area contributed by atoms with Crippen LogP contribution in [-0.2, 0) is 14.8 Å². The molecule has 0 spiro atoms. The molecule has 0 radical (unpaired) electrons. The molecule has 1 N–H and O–H groups in total. The van der Waals surface area contributed by atoms with E-state index in [1.54, 1.807) is 6.07 Å². The smallest absolute Gasteiger partial charge is 0.232 e. The van der Waals surface area contributed by atoms with E-state index in [0.29, 0.717) is 25.1 Å². The van der Waals surface area contributed by atoms with Gasteiger partial charge in [-0.1, -0.05) is 12.1 Å². The predicted octanol–water partition coefficient (Wildman–Crippen LogP) is 2.46. The Morgan fingerprint density at radius 3 is 2.41 bits per heavy atom. The van der Waals surface area contributed by atoms with Crippen LogP contribution in [-0.4, -0.2) is 32.7 Å². The molecule has 1 amide bonds. The van der Waals surface area contributed by atoms with Crippen molar-refractivity contribution < 1.29 is 13.2 Å². The van der Waals surface area contributed by atoms with Gasteiger partial charge in [0, 0.05) is 18.5 Å². The molecular weight excluding hydrogens is 300 g/mol. The first-order valence-corrected chi connectivity index (χ1v) is 9.19. The van der Waals surface area contributed by atoms with Crippen LogP contribution in [0.4, 0.5) is 5.69 Å². The summed E-state index contributed by atoms with van der Waals surface area (Å²) in [5.74, 6) is -0.0646. The standard InChI is InChI=1S/C16H26N2O3S/c1-13-8-6-9-14(12-13)18(22(5,20)21)11-7-10-15(19)17-16(2,3)4/h6,8-9,12H,7,10-11H2,1-5H3,(H,17,19). The molecule has 0 fully saturated rings. The number of amides is 1. The van der Waals surface area contributed by atoms with Crippen molar-refractivity contribution in [2.45, 2.75) is 46.1 Å². The molecule has 0 atom stereocenters. The summed E-state index contributed by atoms with van der Waals surface area (Å²) in [6.45, 7) is 7.96. The third kappa shape index (κ3) is 6.47. The molecule has 0 saturated carbocycles. The summed E-state index contributed by atoms with van der Waals surface area (Å²) in [5.41, 5.74) is 1.36. The van der Waals surface area contributed by atoms with Crippen LogP contribution < -0.4 is 9.62 Å². The summed E-state index contributed by atoms with van der Waals surface area (Å²) in [6.07, 6.45) is 1.96. The van der Waals surface area contributed by atoms with Crippen molar-refractivity contribution in [1.29, 1.82) is 0 Å². The van der Waals surface area contributed by atoms with Gasteiger partial charge in [0.15, 0.2) is 0 Å². The van der Waals surface area contributed by atoms with Crippen molar-refractivity contribution in [3.05, 3.63) is 29.8 Å². The lowest BCUT2D eigenvalue weighted by molar-refractivity contribution is -0.122. The van der Waals surface area contributed by atoms with Crippen molar-refractivity contribution in [3.8, 4) is 0 Å². The lowest BCUT2D eigenvalue weighted by Gasteiger charge is -2.24. The first-order chi connectivity index (χ1) is 9.99. The highest BCUT2D eigenvalue weighted by atomic mass is 32.2. The number of nitrogens with one attached hydrogen (secondary N) is 1. The van der Waals surface area contributed by atoms with Gasteiger partial charge in [0.05, 0.1) is 11.9 Å². The van der Waals surface area contributed by atoms with Crippen LogP contribution in [0.2, 0.25) is 0 Å². The Bertz CT molecular complexity index is 619. The maximum atomic E-state index is 12.0. The van der Waals surface area contributed by atoms with Gasteiger partial charge >= 0.3 is 0 Å². The number of rotatable bonds is 6. The number of hydrogen-bond donors (Lipinski definition) is 1. The van der Waals surface area contributed by atoms with Crippen LogP contribution in [0.3, 0.4) is 0 Å². The summed E-state index contributed by atoms with van der Waals surface area (Å²) in [7, 11) is -3.37. The van der Waals surface area contributed by atoms with Crippen molar-refractivity contribution in [2.75, 3.05) is 17.1 Å². The molecular formula is C16H26N2O3S. The Kier molecular flexibility index (Phi) is 6.00. The average molecular weight is 326 g/mol. The van der Waals surface area contributed by atoms with Gasteiger partial charge in [0.25, 0.3) is 0 Å². The number of sulfonamides is 1. The summed E-state index contributed by atoms with van der Waals surface area (Å²) < 4.78 is 25.3. The largest absolute Gasteiger partial charge is 0.352 e. The molecule has 0 bridgehead atoms. The predicted molar refractivity (Wildman–Crippen MR) is 90.5 cm³/mol. The lowest BCUT2D eigenvalue weighted by Crippen LogP contribution is -2.41. The van der Waals surface area contributed by atoms with E-state index in [2.05, 4.69) is 5.32 Å². The fourth-order valence-corrected chi connectivity index (χ4v) is 3.09. The molecule has 0 aliphatic heterocycles. The van der Waals surface area contributed by atoms with E-state index >= 15 is 0 Å². The number of carbonyl (C=O) groups excluding carboxylic acids is 1. The van der Waals surface area contributed by atoms with Crippen molar-refractivity contribution in [2.24, 2.45) is 0 Å². The number of aryl methyl sites for hydroxylation is 1. The minimum Gasteiger partial charge on any atom is -0.352 e. The second-order valence-corrected chi connectivity index (χ2v) is 8.48. The molecule has 5 nitrogen and oxygen atoms in total. The van der Waals surface area contributed by atoms with Crippen molar-refractivity contribution >= 4 is 21.6 Å². The normalized spacial score (nSPS) is 12.0. The van der Waals surface area contributed by atoms with Gasteiger partial charge in [-0.25, -0.2) is 8.42 Å². The Hall–Kier alpha value is -1.56. The van der Waals surface area contributed by atoms with Crippen molar-refractivity contribution in [3.63, 3.8) is 0 Å². The van der Waals surface area contributed by atoms with E-state index in [9.17, 15) is 13.2 Å². The first kappa shape index (κ1) is 18.5. The molecule has 0 heterocycles. The van der Waals surface area contributed by atoms with Gasteiger partial charge in [0.2, 0.25) is 15.9 Å². The summed E-state index contributed by atoms with van der Waals surface area (Å²) in [6, 6.07) is 7.34. The molecule has 22 heavy (non-hydrogen) atoms. The zero-order valence-electron chi connectivity index (χ0n) is 14.0. The van der Waals surface area contributed by atoms with Gasteiger partial charge in [-0.15, -0.1) is 0 Å². The van der Waals surface area contributed by atoms with E-state index in [1.165, 1.54) is 10.6 Å². The van der Waals surface area contributed by atoms with Crippen LogP contribution in [0, 0.1) is 6.92 Å². The fourth-order valence-electron chi connectivity index (χ4n) is 2.13. The van der Waals surface area contributed by atoms with E-state index in [0.717, 1.165) is 5.56 Å². The van der Waals surface area contributed by atoms with Crippen LogP contribution in [0.1, 0.15) is 39.2 Å². The van der Waals surface area contributed by atoms with Gasteiger partial charge in [-0.05, 0) is 51.8 Å². The van der Waals surface area contributed by atoms with E-state index in [-0.39, 0.29) is 11.4 Å². The minimum absolute atomic E-state index is 0.0646. The molecule has 0 unspecified atom stereocenters. The van der Waals surface area contributed by atoms with Crippen LogP contribution in [0.5, 0.6) is 0 Å². The van der Waals surface area contributed by atoms with Gasteiger partial charge in [-0.2, -0.15) is 0 Å². The molecule has 124 valence electrons. The maximum absolute atomic E-state index is 12.0. The Labute approximate surface area is 133 Å². The maximum Gasteiger partial charge on any atom is 0.232 e. The van der Waals surface area contributed by atoms with Crippen molar-refractivity contribution in [1.82, 2.24) is 5.32 Å². The SMILES string of the molecule is Cc1cccc(N(CCCC(=O)NC(C)(C)C)S(C)(=O)=O)c1. The summed E-state index contributed by atoms with van der Waals surface area (Å²) >= 11 is 0. The molecule has 0 aliphatic rings. The number of hydrogen-bond acceptors (Lipinski definition) is 3. The topological polar surface area (TPSA) is 66.5 Å². The zero-order valence-corrected chi connectivity index (χ0v) is 14.8. The quantitative estimate of drug-likeness (QED) is 0.873. The number of anilines is 1. The Morgan fingerprint density at radius 2 is 1.91 bits per heavy atom. The van der Waals surface area contributed by atoms with Crippen LogP contribution >= 0.6 is 0 Å². The first-order valence-electron chi connectivity index (χ1n) is 7.34. The molecule has 0 aliphatic carbocycles. The van der Waals surface area contributed by atoms with E-state index < -0.39 is 10.0 Å². The molecule has 1 rings (SSSR count). The van der Waals surface area contributed by atoms with Gasteiger partial charge in [-0.3, -0.25) is 9.10 Å². The third-order valence-electron chi connectivity index (χ3n) is 2.97. The number of carbonyl (C=O) groups is 1. The van der Waals surface area contributed by atoms with Gasteiger partial charge < -0.3 is 5.32 Å². The second-order valence-electron chi connectivity index (χ2n) is 6.58. The zero-order chi connectivity index (χ0) is 17.0. The van der Waals surface area contributed by atoms with Crippen LogP contribution in [0.25, 0.3) is 0 Å². The summed E-state index contributed by atoms with van der Waals surface area (Å²) in [5, 5.41) is 2.87. The van der Waals surface area contributed by atoms with E-state index in [1.807, 2.05) is 45.9 Å². The minimum atomic E-state index is -3.37. The third-order valence-corrected chi connectivity index (χ3v) is 4.16. The summed E-state index contributed by atoms with van der Waals surface area (Å²) in [4.78, 5) is 11.8. The van der Waals surface area contributed by atoms with E-state index in [4.69, 9.17) is 0 Å². The second kappa shape index (κ2) is 7.13. The monoisotopic (exact) mass is 326 g/mol. The lowest BCUT2D eigenvalue weighted by atomic mass is 10.1. The molecule has 6 heteroatoms. The Morgan fingerprint density at radius 1 is 1.27 bits per heavy atom. The van der Waals surface area contributed by atoms with Crippen LogP contribution in [0.15, 0.2) is 24.3 Å². The highest BCUT2D eigenvalue weighted by Crippen LogP contribution is 2.19. The molecule has 1 aromatic carbocycles. The highest BCUT2D eigenvalue weighted by Gasteiger charge is 2.18. The molecule has 1 aromatic rings. The highest BCUT2D eigenvalue weighted by molar-refractivity contribution is 7.92. The Balaban J connectivity index is 2.71. The fraction of sp³-hybridized carbons (Fsp3) is 0.562. The molecule has 0 saturated heterocycles.